The molecule has 0 fully saturated rings. The van der Waals surface area contributed by atoms with Crippen molar-refractivity contribution in [1.82, 2.24) is 0 Å². The molecule has 0 aromatic carbocycles. The zero-order valence-corrected chi connectivity index (χ0v) is 8.90. The van der Waals surface area contributed by atoms with Crippen molar-refractivity contribution < 1.29 is 44.1 Å². The van der Waals surface area contributed by atoms with Crippen LogP contribution in [0.1, 0.15) is 0 Å². The van der Waals surface area contributed by atoms with E-state index in [2.05, 4.69) is 4.52 Å². The van der Waals surface area contributed by atoms with Crippen LogP contribution in [0.3, 0.4) is 0 Å². The predicted molar refractivity (Wildman–Crippen MR) is 48.1 cm³/mol. The van der Waals surface area contributed by atoms with E-state index in [0.29, 0.717) is 0 Å². The number of hydrogen-bond acceptors (Lipinski definition) is 7. The van der Waals surface area contributed by atoms with E-state index in [1.807, 2.05) is 0 Å². The topological polar surface area (TPSA) is 165 Å². The highest BCUT2D eigenvalue weighted by Crippen LogP contribution is 2.35. The van der Waals surface area contributed by atoms with Gasteiger partial charge < -0.3 is 30.2 Å². The van der Waals surface area contributed by atoms with E-state index in [4.69, 9.17) is 30.2 Å². The van der Waals surface area contributed by atoms with Gasteiger partial charge in [-0.3, -0.25) is 9.32 Å². The number of phosphoric ester groups is 1. The van der Waals surface area contributed by atoms with Crippen molar-refractivity contribution in [3.05, 3.63) is 0 Å². The molecule has 6 N–H and O–H groups in total. The molecule has 0 aromatic heterocycles. The summed E-state index contributed by atoms with van der Waals surface area (Å²) in [5.74, 6) is -1.14. The van der Waals surface area contributed by atoms with Gasteiger partial charge in [-0.25, -0.2) is 4.57 Å². The summed E-state index contributed by atoms with van der Waals surface area (Å²) in [7, 11) is -4.81. The molecular formula is C6H13O9P. The Morgan fingerprint density at radius 3 is 2.12 bits per heavy atom. The lowest BCUT2D eigenvalue weighted by molar-refractivity contribution is -0.142. The quantitative estimate of drug-likeness (QED) is 0.258. The third-order valence-corrected chi connectivity index (χ3v) is 2.10. The molecule has 0 spiro atoms. The van der Waals surface area contributed by atoms with Crippen LogP contribution in [0.5, 0.6) is 0 Å². The molecule has 0 saturated heterocycles. The molecule has 10 heteroatoms. The number of aliphatic hydroxyl groups is 4. The first-order valence-corrected chi connectivity index (χ1v) is 5.60. The van der Waals surface area contributed by atoms with Crippen LogP contribution in [0, 0.1) is 0 Å². The van der Waals surface area contributed by atoms with E-state index < -0.39 is 45.1 Å². The lowest BCUT2D eigenvalue weighted by Crippen LogP contribution is -2.45. The van der Waals surface area contributed by atoms with Crippen molar-refractivity contribution in [2.45, 2.75) is 18.3 Å². The highest BCUT2D eigenvalue weighted by molar-refractivity contribution is 7.46. The number of carbonyl (C=O) groups excluding carboxylic acids is 1. The molecule has 3 atom stereocenters. The summed E-state index contributed by atoms with van der Waals surface area (Å²) in [5.41, 5.74) is 0. The van der Waals surface area contributed by atoms with Gasteiger partial charge in [-0.1, -0.05) is 0 Å². The van der Waals surface area contributed by atoms with E-state index in [9.17, 15) is 9.36 Å². The van der Waals surface area contributed by atoms with Gasteiger partial charge in [0, 0.05) is 0 Å². The van der Waals surface area contributed by atoms with E-state index in [0.717, 1.165) is 0 Å². The van der Waals surface area contributed by atoms with Gasteiger partial charge in [0.2, 0.25) is 0 Å². The van der Waals surface area contributed by atoms with Crippen LogP contribution in [0.25, 0.3) is 0 Å². The van der Waals surface area contributed by atoms with Crippen LogP contribution in [0.4, 0.5) is 0 Å². The molecular weight excluding hydrogens is 247 g/mol. The zero-order chi connectivity index (χ0) is 12.9. The van der Waals surface area contributed by atoms with Crippen LogP contribution in [0.15, 0.2) is 0 Å². The maximum atomic E-state index is 10.7. The van der Waals surface area contributed by atoms with Crippen molar-refractivity contribution in [3.63, 3.8) is 0 Å². The third kappa shape index (κ3) is 5.64. The number of ketones is 1. The molecule has 0 aliphatic heterocycles. The normalized spacial score (nSPS) is 17.9. The molecule has 0 amide bonds. The summed E-state index contributed by atoms with van der Waals surface area (Å²) in [6, 6.07) is 0. The largest absolute Gasteiger partial charge is 0.469 e. The lowest BCUT2D eigenvalue weighted by atomic mass is 10.1. The second kappa shape index (κ2) is 6.38. The summed E-state index contributed by atoms with van der Waals surface area (Å²) in [6.45, 7) is -2.01. The Hall–Kier alpha value is -0.380. The summed E-state index contributed by atoms with van der Waals surface area (Å²) in [6.07, 6.45) is -5.94. The molecule has 0 bridgehead atoms. The van der Waals surface area contributed by atoms with E-state index >= 15 is 0 Å². The van der Waals surface area contributed by atoms with Gasteiger partial charge in [0.25, 0.3) is 0 Å². The van der Waals surface area contributed by atoms with E-state index in [1.54, 1.807) is 0 Å². The van der Waals surface area contributed by atoms with Crippen molar-refractivity contribution in [1.29, 1.82) is 0 Å². The minimum absolute atomic E-state index is 0.971. The van der Waals surface area contributed by atoms with E-state index in [1.165, 1.54) is 0 Å². The average Bonchev–Trinajstić information content (AvgIpc) is 2.21. The second-order valence-electron chi connectivity index (χ2n) is 2.91. The van der Waals surface area contributed by atoms with Gasteiger partial charge in [-0.15, -0.1) is 0 Å². The molecule has 0 heterocycles. The highest BCUT2D eigenvalue weighted by atomic mass is 31.2. The van der Waals surface area contributed by atoms with E-state index in [-0.39, 0.29) is 0 Å². The molecule has 16 heavy (non-hydrogen) atoms. The monoisotopic (exact) mass is 260 g/mol. The molecule has 0 aliphatic carbocycles. The molecule has 9 nitrogen and oxygen atoms in total. The molecule has 0 rings (SSSR count). The first-order chi connectivity index (χ1) is 7.19. The van der Waals surface area contributed by atoms with Gasteiger partial charge in [0.05, 0.1) is 6.61 Å². The summed E-state index contributed by atoms with van der Waals surface area (Å²) >= 11 is 0. The smallest absolute Gasteiger partial charge is 0.388 e. The van der Waals surface area contributed by atoms with Crippen LogP contribution >= 0.6 is 7.82 Å². The number of hydrogen-bond donors (Lipinski definition) is 6. The zero-order valence-electron chi connectivity index (χ0n) is 8.00. The Bertz CT molecular complexity index is 273. The molecule has 0 saturated carbocycles. The standard InChI is InChI=1S/C6H13O9P/c7-1-3(8)5(10)6(11)4(9)2-15-16(12,13)14/h4-7,9-11H,1-2H2,(H2,12,13,14)/t4-,5-,6-/m0/s1. The predicted octanol–water partition coefficient (Wildman–Crippen LogP) is -3.26. The Morgan fingerprint density at radius 2 is 1.75 bits per heavy atom. The maximum Gasteiger partial charge on any atom is 0.469 e. The number of Topliss-reactive ketones (excluding diaryl/α,β-unsaturated/α-hetero) is 1. The Labute approximate surface area is 90.2 Å². The van der Waals surface area contributed by atoms with Crippen LogP contribution < -0.4 is 0 Å². The van der Waals surface area contributed by atoms with Crippen molar-refractivity contribution in [2.75, 3.05) is 13.2 Å². The van der Waals surface area contributed by atoms with Gasteiger partial charge >= 0.3 is 7.82 Å². The third-order valence-electron chi connectivity index (χ3n) is 1.62. The Kier molecular flexibility index (Phi) is 6.23. The number of phosphoric acid groups is 1. The summed E-state index contributed by atoms with van der Waals surface area (Å²) < 4.78 is 14.1. The van der Waals surface area contributed by atoms with Crippen LogP contribution in [-0.2, 0) is 13.9 Å². The van der Waals surface area contributed by atoms with Crippen LogP contribution in [0.2, 0.25) is 0 Å². The summed E-state index contributed by atoms with van der Waals surface area (Å²) in [4.78, 5) is 27.2. The number of carbonyl (C=O) groups is 1. The number of rotatable bonds is 7. The first-order valence-electron chi connectivity index (χ1n) is 4.07. The minimum atomic E-state index is -4.81. The van der Waals surface area contributed by atoms with Gasteiger partial charge in [-0.05, 0) is 0 Å². The molecule has 96 valence electrons. The SMILES string of the molecule is O=C(CO)[C@H](O)[C@@H](O)[C@@H](O)COP(=O)(O)O. The van der Waals surface area contributed by atoms with Crippen LogP contribution in [-0.4, -0.2) is 67.5 Å². The Morgan fingerprint density at radius 1 is 1.25 bits per heavy atom. The first kappa shape index (κ1) is 15.6. The molecule has 0 unspecified atom stereocenters. The minimum Gasteiger partial charge on any atom is -0.388 e. The summed E-state index contributed by atoms with van der Waals surface area (Å²) in [5, 5.41) is 35.6. The average molecular weight is 260 g/mol. The molecule has 0 aliphatic rings. The lowest BCUT2D eigenvalue weighted by Gasteiger charge is -2.21. The van der Waals surface area contributed by atoms with Gasteiger partial charge in [0.15, 0.2) is 5.78 Å². The van der Waals surface area contributed by atoms with Crippen molar-refractivity contribution >= 4 is 13.6 Å². The second-order valence-corrected chi connectivity index (χ2v) is 4.15. The van der Waals surface area contributed by atoms with Crippen molar-refractivity contribution in [2.24, 2.45) is 0 Å². The fraction of sp³-hybridized carbons (Fsp3) is 0.833. The number of aliphatic hydroxyl groups excluding tert-OH is 4. The van der Waals surface area contributed by atoms with Gasteiger partial charge in [0.1, 0.15) is 24.9 Å². The molecule has 0 aromatic rings. The highest BCUT2D eigenvalue weighted by Gasteiger charge is 2.31. The van der Waals surface area contributed by atoms with Crippen molar-refractivity contribution in [3.8, 4) is 0 Å². The fourth-order valence-electron chi connectivity index (χ4n) is 0.766. The molecule has 0 radical (unpaired) electrons. The Balaban J connectivity index is 4.23. The fourth-order valence-corrected chi connectivity index (χ4v) is 1.11. The van der Waals surface area contributed by atoms with Gasteiger partial charge in [-0.2, -0.15) is 0 Å². The maximum absolute atomic E-state index is 10.7.